The maximum Gasteiger partial charge on any atom is 0.0677 e. The third-order valence-corrected chi connectivity index (χ3v) is 2.96. The monoisotopic (exact) mass is 236 g/mol. The van der Waals surface area contributed by atoms with Crippen molar-refractivity contribution in [2.75, 3.05) is 18.5 Å². The lowest BCUT2D eigenvalue weighted by Crippen LogP contribution is -2.27. The van der Waals surface area contributed by atoms with Crippen LogP contribution in [0.15, 0.2) is 24.3 Å². The largest absolute Gasteiger partial charge is 0.373 e. The molecule has 1 aromatic rings. The van der Waals surface area contributed by atoms with Gasteiger partial charge in [-0.1, -0.05) is 25.4 Å². The second-order valence-electron chi connectivity index (χ2n) is 4.34. The fraction of sp³-hybridized carbons (Fsp3) is 0.462. The van der Waals surface area contributed by atoms with E-state index in [9.17, 15) is 0 Å². The molecule has 0 aliphatic carbocycles. The molecule has 0 bridgehead atoms. The van der Waals surface area contributed by atoms with E-state index in [2.05, 4.69) is 24.8 Å². The zero-order chi connectivity index (χ0) is 12.1. The number of rotatable bonds is 4. The van der Waals surface area contributed by atoms with E-state index in [1.807, 2.05) is 31.3 Å². The van der Waals surface area contributed by atoms with E-state index in [0.717, 1.165) is 17.3 Å². The molecule has 1 aromatic carbocycles. The molecular weight excluding hydrogens is 220 g/mol. The average molecular weight is 237 g/mol. The van der Waals surface area contributed by atoms with Crippen molar-refractivity contribution in [1.29, 1.82) is 5.26 Å². The van der Waals surface area contributed by atoms with Crippen molar-refractivity contribution in [1.82, 2.24) is 0 Å². The van der Waals surface area contributed by atoms with Gasteiger partial charge in [-0.15, -0.1) is 0 Å². The molecule has 16 heavy (non-hydrogen) atoms. The Hall–Kier alpha value is -1.20. The van der Waals surface area contributed by atoms with Crippen LogP contribution >= 0.6 is 11.6 Å². The Bertz CT molecular complexity index is 365. The molecule has 0 radical (unpaired) electrons. The molecule has 0 heterocycles. The predicted molar refractivity (Wildman–Crippen MR) is 68.7 cm³/mol. The van der Waals surface area contributed by atoms with Gasteiger partial charge < -0.3 is 4.90 Å². The molecule has 86 valence electrons. The van der Waals surface area contributed by atoms with Gasteiger partial charge in [-0.05, 0) is 30.2 Å². The zero-order valence-electron chi connectivity index (χ0n) is 9.94. The van der Waals surface area contributed by atoms with Gasteiger partial charge in [0.05, 0.1) is 12.0 Å². The van der Waals surface area contributed by atoms with E-state index >= 15 is 0 Å². The van der Waals surface area contributed by atoms with Crippen molar-refractivity contribution in [2.24, 2.45) is 11.8 Å². The summed E-state index contributed by atoms with van der Waals surface area (Å²) < 4.78 is 0. The Morgan fingerprint density at radius 3 is 2.31 bits per heavy atom. The molecule has 1 atom stereocenters. The minimum atomic E-state index is 0.0562. The molecule has 0 aliphatic heterocycles. The first-order chi connectivity index (χ1) is 7.54. The molecule has 0 aliphatic rings. The molecule has 0 N–H and O–H groups in total. The Labute approximate surface area is 102 Å². The van der Waals surface area contributed by atoms with Crippen LogP contribution in [0.1, 0.15) is 13.8 Å². The van der Waals surface area contributed by atoms with E-state index in [-0.39, 0.29) is 5.92 Å². The van der Waals surface area contributed by atoms with Crippen molar-refractivity contribution >= 4 is 17.3 Å². The highest BCUT2D eigenvalue weighted by Gasteiger charge is 2.14. The van der Waals surface area contributed by atoms with E-state index in [1.165, 1.54) is 0 Å². The average Bonchev–Trinajstić information content (AvgIpc) is 2.26. The molecule has 1 unspecified atom stereocenters. The van der Waals surface area contributed by atoms with Crippen LogP contribution in [0, 0.1) is 23.2 Å². The lowest BCUT2D eigenvalue weighted by atomic mass is 9.97. The lowest BCUT2D eigenvalue weighted by molar-refractivity contribution is 0.477. The number of nitriles is 1. The molecule has 0 saturated heterocycles. The van der Waals surface area contributed by atoms with E-state index in [0.29, 0.717) is 5.92 Å². The van der Waals surface area contributed by atoms with Crippen LogP contribution in [-0.4, -0.2) is 13.6 Å². The highest BCUT2D eigenvalue weighted by atomic mass is 35.5. The van der Waals surface area contributed by atoms with Gasteiger partial charge in [0.15, 0.2) is 0 Å². The fourth-order valence-electron chi connectivity index (χ4n) is 1.50. The third-order valence-electron chi connectivity index (χ3n) is 2.71. The Kier molecular flexibility index (Phi) is 4.64. The molecule has 3 heteroatoms. The summed E-state index contributed by atoms with van der Waals surface area (Å²) in [7, 11) is 2.00. The molecule has 0 saturated carbocycles. The van der Waals surface area contributed by atoms with Crippen molar-refractivity contribution in [3.63, 3.8) is 0 Å². The highest BCUT2D eigenvalue weighted by Crippen LogP contribution is 2.19. The van der Waals surface area contributed by atoms with Crippen LogP contribution < -0.4 is 4.90 Å². The summed E-state index contributed by atoms with van der Waals surface area (Å²) in [5.41, 5.74) is 1.09. The van der Waals surface area contributed by atoms with Crippen LogP contribution in [0.3, 0.4) is 0 Å². The second kappa shape index (κ2) is 5.77. The van der Waals surface area contributed by atoms with Crippen molar-refractivity contribution in [2.45, 2.75) is 13.8 Å². The van der Waals surface area contributed by atoms with Crippen molar-refractivity contribution in [3.8, 4) is 6.07 Å². The van der Waals surface area contributed by atoms with Gasteiger partial charge in [0.25, 0.3) is 0 Å². The van der Waals surface area contributed by atoms with E-state index in [4.69, 9.17) is 16.9 Å². The molecule has 0 aromatic heterocycles. The van der Waals surface area contributed by atoms with Crippen molar-refractivity contribution in [3.05, 3.63) is 29.3 Å². The van der Waals surface area contributed by atoms with Gasteiger partial charge in [-0.2, -0.15) is 5.26 Å². The lowest BCUT2D eigenvalue weighted by Gasteiger charge is -2.24. The summed E-state index contributed by atoms with van der Waals surface area (Å²) in [6.07, 6.45) is 0. The molecule has 2 nitrogen and oxygen atoms in total. The molecule has 0 spiro atoms. The van der Waals surface area contributed by atoms with Gasteiger partial charge in [0, 0.05) is 24.3 Å². The van der Waals surface area contributed by atoms with Crippen molar-refractivity contribution < 1.29 is 0 Å². The Morgan fingerprint density at radius 2 is 1.88 bits per heavy atom. The summed E-state index contributed by atoms with van der Waals surface area (Å²) in [4.78, 5) is 2.09. The smallest absolute Gasteiger partial charge is 0.0677 e. The minimum absolute atomic E-state index is 0.0562. The number of hydrogen-bond donors (Lipinski definition) is 0. The first kappa shape index (κ1) is 12.9. The number of benzene rings is 1. The number of nitrogens with zero attached hydrogens (tertiary/aromatic N) is 2. The highest BCUT2D eigenvalue weighted by molar-refractivity contribution is 6.30. The molecule has 1 rings (SSSR count). The summed E-state index contributed by atoms with van der Waals surface area (Å²) in [5, 5.41) is 9.77. The van der Waals surface area contributed by atoms with Gasteiger partial charge in [-0.3, -0.25) is 0 Å². The zero-order valence-corrected chi connectivity index (χ0v) is 10.7. The predicted octanol–water partition coefficient (Wildman–Crippen LogP) is 3.57. The number of hydrogen-bond acceptors (Lipinski definition) is 2. The summed E-state index contributed by atoms with van der Waals surface area (Å²) in [6.45, 7) is 4.89. The third kappa shape index (κ3) is 3.43. The maximum absolute atomic E-state index is 9.04. The molecule has 0 amide bonds. The quantitative estimate of drug-likeness (QED) is 0.799. The Balaban J connectivity index is 2.68. The number of halogens is 1. The van der Waals surface area contributed by atoms with Crippen LogP contribution in [-0.2, 0) is 0 Å². The summed E-state index contributed by atoms with van der Waals surface area (Å²) in [5.74, 6) is 0.431. The van der Waals surface area contributed by atoms with E-state index in [1.54, 1.807) is 0 Å². The summed E-state index contributed by atoms with van der Waals surface area (Å²) in [6, 6.07) is 10.0. The van der Waals surface area contributed by atoms with Crippen LogP contribution in [0.2, 0.25) is 5.02 Å². The van der Waals surface area contributed by atoms with Crippen LogP contribution in [0.4, 0.5) is 5.69 Å². The van der Waals surface area contributed by atoms with Gasteiger partial charge in [-0.25, -0.2) is 0 Å². The Morgan fingerprint density at radius 1 is 1.31 bits per heavy atom. The maximum atomic E-state index is 9.04. The standard InChI is InChI=1S/C13H17ClN2/c1-10(2)11(8-15)9-16(3)13-6-4-12(14)5-7-13/h4-7,10-11H,9H2,1-3H3. The summed E-state index contributed by atoms with van der Waals surface area (Å²) >= 11 is 5.83. The number of anilines is 1. The van der Waals surface area contributed by atoms with Gasteiger partial charge in [0.1, 0.15) is 0 Å². The topological polar surface area (TPSA) is 27.0 Å². The van der Waals surface area contributed by atoms with Gasteiger partial charge >= 0.3 is 0 Å². The van der Waals surface area contributed by atoms with Crippen LogP contribution in [0.5, 0.6) is 0 Å². The SMILES string of the molecule is CC(C)C(C#N)CN(C)c1ccc(Cl)cc1. The van der Waals surface area contributed by atoms with Gasteiger partial charge in [0.2, 0.25) is 0 Å². The fourth-order valence-corrected chi connectivity index (χ4v) is 1.62. The van der Waals surface area contributed by atoms with Crippen LogP contribution in [0.25, 0.3) is 0 Å². The normalized spacial score (nSPS) is 12.2. The molecule has 0 fully saturated rings. The molecular formula is C13H17ClN2. The first-order valence-electron chi connectivity index (χ1n) is 5.41. The second-order valence-corrected chi connectivity index (χ2v) is 4.77. The first-order valence-corrected chi connectivity index (χ1v) is 5.78. The van der Waals surface area contributed by atoms with E-state index < -0.39 is 0 Å². The minimum Gasteiger partial charge on any atom is -0.373 e.